The minimum absolute atomic E-state index is 0. The van der Waals surface area contributed by atoms with Crippen LogP contribution in [0.4, 0.5) is 11.5 Å². The van der Waals surface area contributed by atoms with Gasteiger partial charge in [0.15, 0.2) is 0 Å². The SMILES string of the molecule is C[C@@H]1CCc2ncnc(N3CCC4(CC3)CNc3cccc(CCO)c34)c21.Cl.Cl. The summed E-state index contributed by atoms with van der Waals surface area (Å²) in [6, 6.07) is 6.49. The van der Waals surface area contributed by atoms with Crippen LogP contribution in [-0.4, -0.2) is 41.3 Å². The van der Waals surface area contributed by atoms with Crippen molar-refractivity contribution in [1.29, 1.82) is 0 Å². The minimum Gasteiger partial charge on any atom is -0.396 e. The summed E-state index contributed by atoms with van der Waals surface area (Å²) in [5.41, 5.74) is 6.88. The number of halogens is 2. The first-order valence-corrected chi connectivity index (χ1v) is 10.3. The van der Waals surface area contributed by atoms with Gasteiger partial charge in [0.25, 0.3) is 0 Å². The molecule has 0 radical (unpaired) electrons. The van der Waals surface area contributed by atoms with Gasteiger partial charge in [-0.3, -0.25) is 0 Å². The average Bonchev–Trinajstić information content (AvgIpc) is 3.25. The smallest absolute Gasteiger partial charge is 0.135 e. The molecule has 5 rings (SSSR count). The fourth-order valence-corrected chi connectivity index (χ4v) is 5.50. The largest absolute Gasteiger partial charge is 0.396 e. The third-order valence-corrected chi connectivity index (χ3v) is 6.95. The van der Waals surface area contributed by atoms with Crippen molar-refractivity contribution < 1.29 is 5.11 Å². The molecule has 158 valence electrons. The molecule has 0 bridgehead atoms. The Hall–Kier alpha value is -1.56. The first-order chi connectivity index (χ1) is 13.2. The van der Waals surface area contributed by atoms with Crippen LogP contribution in [0.25, 0.3) is 0 Å². The van der Waals surface area contributed by atoms with Crippen LogP contribution in [0.2, 0.25) is 0 Å². The van der Waals surface area contributed by atoms with Crippen molar-refractivity contribution in [3.8, 4) is 0 Å². The number of hydrogen-bond donors (Lipinski definition) is 2. The molecule has 1 aromatic heterocycles. The number of aromatic nitrogens is 2. The van der Waals surface area contributed by atoms with Crippen LogP contribution in [0.1, 0.15) is 54.5 Å². The molecule has 2 N–H and O–H groups in total. The maximum Gasteiger partial charge on any atom is 0.135 e. The molecule has 0 amide bonds. The summed E-state index contributed by atoms with van der Waals surface area (Å²) in [4.78, 5) is 11.7. The molecule has 2 aliphatic heterocycles. The maximum atomic E-state index is 9.50. The van der Waals surface area contributed by atoms with Crippen molar-refractivity contribution in [3.05, 3.63) is 46.9 Å². The summed E-state index contributed by atoms with van der Waals surface area (Å²) in [6.07, 6.45) is 7.03. The number of aliphatic hydroxyl groups is 1. The number of piperidine rings is 1. The number of nitrogens with one attached hydrogen (secondary N) is 1. The molecule has 1 aliphatic carbocycles. The van der Waals surface area contributed by atoms with Crippen LogP contribution in [0.5, 0.6) is 0 Å². The van der Waals surface area contributed by atoms with Gasteiger partial charge >= 0.3 is 0 Å². The van der Waals surface area contributed by atoms with E-state index in [0.717, 1.165) is 45.3 Å². The van der Waals surface area contributed by atoms with Crippen molar-refractivity contribution in [2.45, 2.75) is 50.4 Å². The van der Waals surface area contributed by atoms with Gasteiger partial charge in [-0.25, -0.2) is 9.97 Å². The van der Waals surface area contributed by atoms with Crippen LogP contribution in [0, 0.1) is 0 Å². The van der Waals surface area contributed by atoms with Crippen molar-refractivity contribution in [3.63, 3.8) is 0 Å². The van der Waals surface area contributed by atoms with Gasteiger partial charge in [-0.1, -0.05) is 19.1 Å². The van der Waals surface area contributed by atoms with Crippen molar-refractivity contribution >= 4 is 36.3 Å². The Morgan fingerprint density at radius 1 is 1.21 bits per heavy atom. The average molecular weight is 437 g/mol. The summed E-state index contributed by atoms with van der Waals surface area (Å²) in [6.45, 7) is 5.60. The van der Waals surface area contributed by atoms with Gasteiger partial charge in [0.1, 0.15) is 12.1 Å². The molecule has 7 heteroatoms. The molecule has 1 saturated heterocycles. The van der Waals surface area contributed by atoms with Crippen molar-refractivity contribution in [2.75, 3.05) is 36.5 Å². The Bertz CT molecular complexity index is 868. The van der Waals surface area contributed by atoms with Crippen LogP contribution in [0.3, 0.4) is 0 Å². The molecule has 1 aromatic carbocycles. The Morgan fingerprint density at radius 3 is 2.76 bits per heavy atom. The van der Waals surface area contributed by atoms with Gasteiger partial charge in [0.2, 0.25) is 0 Å². The lowest BCUT2D eigenvalue weighted by molar-refractivity contribution is 0.297. The van der Waals surface area contributed by atoms with Crippen molar-refractivity contribution in [2.24, 2.45) is 0 Å². The van der Waals surface area contributed by atoms with E-state index >= 15 is 0 Å². The van der Waals surface area contributed by atoms with Gasteiger partial charge in [0.05, 0.1) is 0 Å². The normalized spacial score (nSPS) is 21.0. The lowest BCUT2D eigenvalue weighted by Gasteiger charge is -2.41. The van der Waals surface area contributed by atoms with E-state index in [1.165, 1.54) is 40.3 Å². The van der Waals surface area contributed by atoms with Crippen LogP contribution >= 0.6 is 24.8 Å². The summed E-state index contributed by atoms with van der Waals surface area (Å²) >= 11 is 0. The molecule has 1 atom stereocenters. The summed E-state index contributed by atoms with van der Waals surface area (Å²) in [5, 5.41) is 13.1. The molecule has 2 aromatic rings. The number of nitrogens with zero attached hydrogens (tertiary/aromatic N) is 3. The number of anilines is 2. The van der Waals surface area contributed by atoms with Gasteiger partial charge in [-0.15, -0.1) is 24.8 Å². The molecule has 1 fully saturated rings. The van der Waals surface area contributed by atoms with Gasteiger partial charge in [0, 0.05) is 48.6 Å². The van der Waals surface area contributed by atoms with E-state index in [4.69, 9.17) is 4.98 Å². The van der Waals surface area contributed by atoms with E-state index in [0.29, 0.717) is 5.92 Å². The lowest BCUT2D eigenvalue weighted by atomic mass is 9.72. The first kappa shape index (κ1) is 22.1. The van der Waals surface area contributed by atoms with E-state index in [1.807, 2.05) is 0 Å². The molecular formula is C22H30Cl2N4O. The standard InChI is InChI=1S/C22H28N4O.2ClH/c1-15-5-6-17-19(15)21(25-14-24-17)26-10-8-22(9-11-26)13-23-18-4-2-3-16(7-12-27)20(18)22;;/h2-4,14-15,23,27H,5-13H2,1H3;2*1H/t15-;;/m1../s1. The second kappa shape index (κ2) is 8.66. The van der Waals surface area contributed by atoms with Gasteiger partial charge < -0.3 is 15.3 Å². The molecule has 29 heavy (non-hydrogen) atoms. The molecule has 0 saturated carbocycles. The molecule has 1 spiro atoms. The highest BCUT2D eigenvalue weighted by Gasteiger charge is 2.43. The van der Waals surface area contributed by atoms with E-state index in [9.17, 15) is 5.11 Å². The topological polar surface area (TPSA) is 61.3 Å². The zero-order chi connectivity index (χ0) is 18.4. The van der Waals surface area contributed by atoms with E-state index in [2.05, 4.69) is 40.3 Å². The quantitative estimate of drug-likeness (QED) is 0.764. The fraction of sp³-hybridized carbons (Fsp3) is 0.545. The van der Waals surface area contributed by atoms with Crippen molar-refractivity contribution in [1.82, 2.24) is 9.97 Å². The Morgan fingerprint density at radius 2 is 2.00 bits per heavy atom. The highest BCUT2D eigenvalue weighted by molar-refractivity contribution is 5.85. The Labute approximate surface area is 185 Å². The third-order valence-electron chi connectivity index (χ3n) is 6.95. The Kier molecular flexibility index (Phi) is 6.61. The summed E-state index contributed by atoms with van der Waals surface area (Å²) in [7, 11) is 0. The molecule has 0 unspecified atom stereocenters. The second-order valence-corrected chi connectivity index (χ2v) is 8.43. The highest BCUT2D eigenvalue weighted by Crippen LogP contribution is 2.47. The predicted octanol–water partition coefficient (Wildman–Crippen LogP) is 3.87. The zero-order valence-corrected chi connectivity index (χ0v) is 18.5. The summed E-state index contributed by atoms with van der Waals surface area (Å²) in [5.74, 6) is 1.74. The fourth-order valence-electron chi connectivity index (χ4n) is 5.50. The van der Waals surface area contributed by atoms with E-state index in [1.54, 1.807) is 6.33 Å². The number of fused-ring (bicyclic) bond motifs is 3. The molecular weight excluding hydrogens is 407 g/mol. The van der Waals surface area contributed by atoms with Gasteiger partial charge in [-0.2, -0.15) is 0 Å². The number of rotatable bonds is 3. The number of aryl methyl sites for hydroxylation is 1. The summed E-state index contributed by atoms with van der Waals surface area (Å²) < 4.78 is 0. The zero-order valence-electron chi connectivity index (χ0n) is 16.9. The highest BCUT2D eigenvalue weighted by atomic mass is 35.5. The molecule has 5 nitrogen and oxygen atoms in total. The number of benzene rings is 1. The first-order valence-electron chi connectivity index (χ1n) is 10.3. The van der Waals surface area contributed by atoms with Crippen LogP contribution < -0.4 is 10.2 Å². The molecule has 3 aliphatic rings. The monoisotopic (exact) mass is 436 g/mol. The molecule has 3 heterocycles. The number of hydrogen-bond acceptors (Lipinski definition) is 5. The van der Waals surface area contributed by atoms with Gasteiger partial charge in [-0.05, 0) is 55.2 Å². The maximum absolute atomic E-state index is 9.50. The predicted molar refractivity (Wildman–Crippen MR) is 122 cm³/mol. The third kappa shape index (κ3) is 3.58. The van der Waals surface area contributed by atoms with Crippen LogP contribution in [0.15, 0.2) is 24.5 Å². The minimum atomic E-state index is 0. The lowest BCUT2D eigenvalue weighted by Crippen LogP contribution is -2.45. The van der Waals surface area contributed by atoms with E-state index in [-0.39, 0.29) is 36.8 Å². The van der Waals surface area contributed by atoms with E-state index < -0.39 is 0 Å². The Balaban J connectivity index is 0.00000120. The van der Waals surface area contributed by atoms with Crippen LogP contribution in [-0.2, 0) is 18.3 Å². The second-order valence-electron chi connectivity index (χ2n) is 8.43. The number of aliphatic hydroxyl groups excluding tert-OH is 1.